The van der Waals surface area contributed by atoms with E-state index >= 15 is 0 Å². The third-order valence-electron chi connectivity index (χ3n) is 4.12. The highest BCUT2D eigenvalue weighted by Gasteiger charge is 2.30. The van der Waals surface area contributed by atoms with E-state index in [0.717, 1.165) is 10.9 Å². The molecule has 0 unspecified atom stereocenters. The van der Waals surface area contributed by atoms with Crippen molar-refractivity contribution in [3.63, 3.8) is 0 Å². The highest BCUT2D eigenvalue weighted by atomic mass is 35.5. The maximum atomic E-state index is 12.6. The number of sulfone groups is 1. The van der Waals surface area contributed by atoms with E-state index in [9.17, 15) is 13.2 Å². The van der Waals surface area contributed by atoms with Crippen LogP contribution in [-0.4, -0.2) is 36.4 Å². The third kappa shape index (κ3) is 3.23. The van der Waals surface area contributed by atoms with Crippen molar-refractivity contribution < 1.29 is 13.2 Å². The van der Waals surface area contributed by atoms with Gasteiger partial charge >= 0.3 is 0 Å². The van der Waals surface area contributed by atoms with Gasteiger partial charge in [0.25, 0.3) is 5.91 Å². The van der Waals surface area contributed by atoms with E-state index in [2.05, 4.69) is 5.32 Å². The number of hydrogen-bond donors (Lipinski definition) is 1. The topological polar surface area (TPSA) is 68.2 Å². The molecule has 1 aromatic carbocycles. The molecule has 1 amide bonds. The van der Waals surface area contributed by atoms with Crippen molar-refractivity contribution in [2.24, 2.45) is 0 Å². The number of nitrogens with one attached hydrogen (secondary N) is 1. The number of halogens is 1. The predicted molar refractivity (Wildman–Crippen MR) is 91.9 cm³/mol. The molecule has 0 radical (unpaired) electrons. The lowest BCUT2D eigenvalue weighted by atomic mass is 10.2. The van der Waals surface area contributed by atoms with Gasteiger partial charge in [-0.15, -0.1) is 0 Å². The lowest BCUT2D eigenvalue weighted by Gasteiger charge is -2.16. The first-order chi connectivity index (χ1) is 10.8. The van der Waals surface area contributed by atoms with Crippen molar-refractivity contribution in [3.05, 3.63) is 35.0 Å². The molecule has 1 fully saturated rings. The van der Waals surface area contributed by atoms with Gasteiger partial charge < -0.3 is 9.88 Å². The Hall–Kier alpha value is -1.53. The molecular formula is C16H19ClN2O3S. The normalized spacial score (nSPS) is 20.3. The molecule has 2 aromatic rings. The molecule has 0 bridgehead atoms. The van der Waals surface area contributed by atoms with Gasteiger partial charge in [0, 0.05) is 28.0 Å². The molecular weight excluding hydrogens is 336 g/mol. The third-order valence-corrected chi connectivity index (χ3v) is 6.12. The van der Waals surface area contributed by atoms with Crippen LogP contribution in [0.5, 0.6) is 0 Å². The van der Waals surface area contributed by atoms with E-state index in [1.807, 2.05) is 30.5 Å². The summed E-state index contributed by atoms with van der Waals surface area (Å²) in [5, 5.41) is 4.37. The molecule has 1 N–H and O–H groups in total. The number of nitrogens with zero attached hydrogens (tertiary/aromatic N) is 1. The summed E-state index contributed by atoms with van der Waals surface area (Å²) in [6.07, 6.45) is 0.474. The summed E-state index contributed by atoms with van der Waals surface area (Å²) in [7, 11) is -3.02. The van der Waals surface area contributed by atoms with E-state index in [1.165, 1.54) is 0 Å². The van der Waals surface area contributed by atoms with Crippen LogP contribution in [0.4, 0.5) is 0 Å². The van der Waals surface area contributed by atoms with Crippen LogP contribution in [0.3, 0.4) is 0 Å². The fourth-order valence-corrected chi connectivity index (χ4v) is 4.96. The van der Waals surface area contributed by atoms with Crippen LogP contribution in [0.2, 0.25) is 5.02 Å². The predicted octanol–water partition coefficient (Wildman–Crippen LogP) is 2.79. The Morgan fingerprint density at radius 2 is 2.09 bits per heavy atom. The minimum absolute atomic E-state index is 0.0203. The SMILES string of the molecule is CC(C)n1c(C(=O)N[C@@H]2CCS(=O)(=O)C2)cc2cc(Cl)ccc21. The summed E-state index contributed by atoms with van der Waals surface area (Å²) < 4.78 is 25.0. The number of benzene rings is 1. The molecule has 0 saturated carbocycles. The first-order valence-corrected chi connectivity index (χ1v) is 9.78. The second-order valence-corrected chi connectivity index (χ2v) is 8.94. The molecule has 1 aromatic heterocycles. The van der Waals surface area contributed by atoms with Crippen LogP contribution in [-0.2, 0) is 9.84 Å². The van der Waals surface area contributed by atoms with Crippen LogP contribution in [0, 0.1) is 0 Å². The van der Waals surface area contributed by atoms with Crippen LogP contribution in [0.15, 0.2) is 24.3 Å². The van der Waals surface area contributed by atoms with Crippen LogP contribution >= 0.6 is 11.6 Å². The van der Waals surface area contributed by atoms with E-state index in [0.29, 0.717) is 17.1 Å². The highest BCUT2D eigenvalue weighted by molar-refractivity contribution is 7.91. The second kappa shape index (κ2) is 5.83. The molecule has 0 spiro atoms. The average Bonchev–Trinajstić information content (AvgIpc) is 2.98. The Labute approximate surface area is 140 Å². The fourth-order valence-electron chi connectivity index (χ4n) is 3.11. The second-order valence-electron chi connectivity index (χ2n) is 6.27. The Kier molecular flexibility index (Phi) is 4.14. The number of aromatic nitrogens is 1. The van der Waals surface area contributed by atoms with Gasteiger partial charge in [-0.05, 0) is 44.5 Å². The molecule has 7 heteroatoms. The summed E-state index contributed by atoms with van der Waals surface area (Å²) in [6, 6.07) is 7.12. The van der Waals surface area contributed by atoms with Crippen molar-refractivity contribution in [3.8, 4) is 0 Å². The van der Waals surface area contributed by atoms with E-state index in [-0.39, 0.29) is 29.5 Å². The zero-order valence-corrected chi connectivity index (χ0v) is 14.6. The minimum Gasteiger partial charge on any atom is -0.347 e. The Bertz CT molecular complexity index is 871. The summed E-state index contributed by atoms with van der Waals surface area (Å²) in [5.74, 6) is -0.0826. The zero-order valence-electron chi connectivity index (χ0n) is 13.0. The van der Waals surface area contributed by atoms with Crippen molar-refractivity contribution in [2.45, 2.75) is 32.4 Å². The number of carbonyl (C=O) groups is 1. The number of amides is 1. The van der Waals surface area contributed by atoms with E-state index in [1.54, 1.807) is 12.1 Å². The van der Waals surface area contributed by atoms with Gasteiger partial charge in [-0.1, -0.05) is 11.6 Å². The lowest BCUT2D eigenvalue weighted by molar-refractivity contribution is 0.0931. The molecule has 5 nitrogen and oxygen atoms in total. The van der Waals surface area contributed by atoms with Gasteiger partial charge in [-0.3, -0.25) is 4.79 Å². The van der Waals surface area contributed by atoms with Crippen LogP contribution in [0.1, 0.15) is 36.8 Å². The van der Waals surface area contributed by atoms with Gasteiger partial charge in [0.2, 0.25) is 0 Å². The fraction of sp³-hybridized carbons (Fsp3) is 0.438. The summed E-state index contributed by atoms with van der Waals surface area (Å²) in [6.45, 7) is 4.01. The zero-order chi connectivity index (χ0) is 16.8. The van der Waals surface area contributed by atoms with Crippen molar-refractivity contribution in [1.29, 1.82) is 0 Å². The van der Waals surface area contributed by atoms with Crippen molar-refractivity contribution in [2.75, 3.05) is 11.5 Å². The highest BCUT2D eigenvalue weighted by Crippen LogP contribution is 2.27. The number of hydrogen-bond acceptors (Lipinski definition) is 3. The molecule has 1 aliphatic rings. The summed E-state index contributed by atoms with van der Waals surface area (Å²) >= 11 is 6.03. The smallest absolute Gasteiger partial charge is 0.268 e. The number of fused-ring (bicyclic) bond motifs is 1. The van der Waals surface area contributed by atoms with Gasteiger partial charge in [-0.2, -0.15) is 0 Å². The standard InChI is InChI=1S/C16H19ClN2O3S/c1-10(2)19-14-4-3-12(17)7-11(14)8-15(19)16(20)18-13-5-6-23(21,22)9-13/h3-4,7-8,10,13H,5-6,9H2,1-2H3,(H,18,20)/t13-/m1/s1. The minimum atomic E-state index is -3.02. The molecule has 1 atom stereocenters. The van der Waals surface area contributed by atoms with Crippen molar-refractivity contribution in [1.82, 2.24) is 9.88 Å². The molecule has 2 heterocycles. The summed E-state index contributed by atoms with van der Waals surface area (Å²) in [4.78, 5) is 12.6. The monoisotopic (exact) mass is 354 g/mol. The Morgan fingerprint density at radius 3 is 2.70 bits per heavy atom. The molecule has 3 rings (SSSR count). The average molecular weight is 355 g/mol. The molecule has 0 aliphatic carbocycles. The first-order valence-electron chi connectivity index (χ1n) is 7.58. The molecule has 23 heavy (non-hydrogen) atoms. The number of rotatable bonds is 3. The lowest BCUT2D eigenvalue weighted by Crippen LogP contribution is -2.36. The van der Waals surface area contributed by atoms with E-state index in [4.69, 9.17) is 11.6 Å². The van der Waals surface area contributed by atoms with Crippen LogP contribution < -0.4 is 5.32 Å². The Morgan fingerprint density at radius 1 is 1.35 bits per heavy atom. The van der Waals surface area contributed by atoms with Gasteiger partial charge in [-0.25, -0.2) is 8.42 Å². The first kappa shape index (κ1) is 16.3. The van der Waals surface area contributed by atoms with Crippen molar-refractivity contribution >= 4 is 38.2 Å². The van der Waals surface area contributed by atoms with E-state index < -0.39 is 9.84 Å². The molecule has 1 aliphatic heterocycles. The number of carbonyl (C=O) groups excluding carboxylic acids is 1. The maximum absolute atomic E-state index is 12.6. The van der Waals surface area contributed by atoms with Crippen LogP contribution in [0.25, 0.3) is 10.9 Å². The van der Waals surface area contributed by atoms with Gasteiger partial charge in [0.15, 0.2) is 9.84 Å². The molecule has 124 valence electrons. The quantitative estimate of drug-likeness (QED) is 0.921. The maximum Gasteiger partial charge on any atom is 0.268 e. The summed E-state index contributed by atoms with van der Waals surface area (Å²) in [5.41, 5.74) is 1.47. The van der Waals surface area contributed by atoms with Gasteiger partial charge in [0.05, 0.1) is 11.5 Å². The molecule has 1 saturated heterocycles. The van der Waals surface area contributed by atoms with Gasteiger partial charge in [0.1, 0.15) is 5.69 Å². The Balaban J connectivity index is 1.95. The largest absolute Gasteiger partial charge is 0.347 e.